The smallest absolute Gasteiger partial charge is 0.251 e. The average molecular weight is 348 g/mol. The zero-order valence-corrected chi connectivity index (χ0v) is 13.7. The lowest BCUT2D eigenvalue weighted by molar-refractivity contribution is 0.0947. The van der Waals surface area contributed by atoms with Gasteiger partial charge in [0, 0.05) is 10.0 Å². The minimum Gasteiger partial charge on any atom is -0.492 e. The van der Waals surface area contributed by atoms with Crippen LogP contribution in [-0.2, 0) is 0 Å². The molecule has 0 spiro atoms. The standard InChI is InChI=1S/C17H18BrNO2/c1-12-6-7-16(10-13(12)2)21-9-8-19-17(20)14-4-3-5-15(18)11-14/h3-7,10-11H,8-9H2,1-2H3,(H,19,20). The first-order chi connectivity index (χ1) is 10.1. The first-order valence-electron chi connectivity index (χ1n) is 6.80. The number of benzene rings is 2. The van der Waals surface area contributed by atoms with Gasteiger partial charge in [-0.15, -0.1) is 0 Å². The summed E-state index contributed by atoms with van der Waals surface area (Å²) in [5.41, 5.74) is 3.08. The first-order valence-corrected chi connectivity index (χ1v) is 7.59. The van der Waals surface area contributed by atoms with Gasteiger partial charge in [-0.25, -0.2) is 0 Å². The fourth-order valence-electron chi connectivity index (χ4n) is 1.87. The molecule has 2 aromatic carbocycles. The van der Waals surface area contributed by atoms with Gasteiger partial charge >= 0.3 is 0 Å². The van der Waals surface area contributed by atoms with Gasteiger partial charge in [0.2, 0.25) is 0 Å². The van der Waals surface area contributed by atoms with Crippen LogP contribution in [0.1, 0.15) is 21.5 Å². The van der Waals surface area contributed by atoms with Crippen LogP contribution in [0.15, 0.2) is 46.9 Å². The van der Waals surface area contributed by atoms with Crippen molar-refractivity contribution in [1.29, 1.82) is 0 Å². The zero-order chi connectivity index (χ0) is 15.2. The maximum Gasteiger partial charge on any atom is 0.251 e. The van der Waals surface area contributed by atoms with E-state index in [0.717, 1.165) is 10.2 Å². The van der Waals surface area contributed by atoms with Crippen molar-refractivity contribution in [2.24, 2.45) is 0 Å². The molecule has 0 fully saturated rings. The van der Waals surface area contributed by atoms with Crippen molar-refractivity contribution in [3.05, 3.63) is 63.6 Å². The van der Waals surface area contributed by atoms with Crippen LogP contribution in [0.2, 0.25) is 0 Å². The number of amides is 1. The third-order valence-electron chi connectivity index (χ3n) is 3.22. The predicted octanol–water partition coefficient (Wildman–Crippen LogP) is 3.87. The molecule has 3 nitrogen and oxygen atoms in total. The Morgan fingerprint density at radius 1 is 1.14 bits per heavy atom. The maximum absolute atomic E-state index is 11.9. The first kappa shape index (κ1) is 15.6. The summed E-state index contributed by atoms with van der Waals surface area (Å²) in [4.78, 5) is 11.9. The van der Waals surface area contributed by atoms with Crippen LogP contribution < -0.4 is 10.1 Å². The molecule has 0 aliphatic carbocycles. The SMILES string of the molecule is Cc1ccc(OCCNC(=O)c2cccc(Br)c2)cc1C. The topological polar surface area (TPSA) is 38.3 Å². The fraction of sp³-hybridized carbons (Fsp3) is 0.235. The van der Waals surface area contributed by atoms with Crippen molar-refractivity contribution < 1.29 is 9.53 Å². The molecule has 0 saturated heterocycles. The number of halogens is 1. The van der Waals surface area contributed by atoms with Crippen LogP contribution in [0, 0.1) is 13.8 Å². The van der Waals surface area contributed by atoms with Crippen LogP contribution in [0.25, 0.3) is 0 Å². The van der Waals surface area contributed by atoms with Crippen molar-refractivity contribution in [2.75, 3.05) is 13.2 Å². The zero-order valence-electron chi connectivity index (χ0n) is 12.2. The van der Waals surface area contributed by atoms with Gasteiger partial charge in [0.1, 0.15) is 12.4 Å². The largest absolute Gasteiger partial charge is 0.492 e. The molecule has 0 heterocycles. The second kappa shape index (κ2) is 7.27. The summed E-state index contributed by atoms with van der Waals surface area (Å²) in [5, 5.41) is 2.84. The second-order valence-corrected chi connectivity index (χ2v) is 5.78. The normalized spacial score (nSPS) is 10.2. The lowest BCUT2D eigenvalue weighted by Gasteiger charge is -2.09. The van der Waals surface area contributed by atoms with Gasteiger partial charge in [0.05, 0.1) is 6.54 Å². The summed E-state index contributed by atoms with van der Waals surface area (Å²) in [6.07, 6.45) is 0. The van der Waals surface area contributed by atoms with Crippen LogP contribution in [0.5, 0.6) is 5.75 Å². The number of rotatable bonds is 5. The highest BCUT2D eigenvalue weighted by Gasteiger charge is 2.05. The fourth-order valence-corrected chi connectivity index (χ4v) is 2.27. The van der Waals surface area contributed by atoms with E-state index in [2.05, 4.69) is 35.1 Å². The van der Waals surface area contributed by atoms with E-state index in [1.807, 2.05) is 30.3 Å². The van der Waals surface area contributed by atoms with Gasteiger partial charge in [-0.1, -0.05) is 28.1 Å². The monoisotopic (exact) mass is 347 g/mol. The Hall–Kier alpha value is -1.81. The third-order valence-corrected chi connectivity index (χ3v) is 3.71. The quantitative estimate of drug-likeness (QED) is 0.833. The summed E-state index contributed by atoms with van der Waals surface area (Å²) < 4.78 is 6.52. The van der Waals surface area contributed by atoms with Crippen molar-refractivity contribution in [1.82, 2.24) is 5.32 Å². The molecular weight excluding hydrogens is 330 g/mol. The number of ether oxygens (including phenoxy) is 1. The Kier molecular flexibility index (Phi) is 5.39. The Labute approximate surface area is 133 Å². The summed E-state index contributed by atoms with van der Waals surface area (Å²) in [6.45, 7) is 5.04. The van der Waals surface area contributed by atoms with E-state index >= 15 is 0 Å². The second-order valence-electron chi connectivity index (χ2n) is 4.86. The lowest BCUT2D eigenvalue weighted by Crippen LogP contribution is -2.28. The summed E-state index contributed by atoms with van der Waals surface area (Å²) in [7, 11) is 0. The van der Waals surface area contributed by atoms with Gasteiger partial charge in [0.25, 0.3) is 5.91 Å². The van der Waals surface area contributed by atoms with Crippen LogP contribution >= 0.6 is 15.9 Å². The Balaban J connectivity index is 1.79. The highest BCUT2D eigenvalue weighted by molar-refractivity contribution is 9.10. The number of carbonyl (C=O) groups is 1. The molecule has 0 radical (unpaired) electrons. The molecule has 0 unspecified atom stereocenters. The summed E-state index contributed by atoms with van der Waals surface area (Å²) in [6, 6.07) is 13.3. The van der Waals surface area contributed by atoms with E-state index < -0.39 is 0 Å². The Morgan fingerprint density at radius 2 is 1.95 bits per heavy atom. The van der Waals surface area contributed by atoms with Crippen LogP contribution in [0.4, 0.5) is 0 Å². The van der Waals surface area contributed by atoms with Crippen LogP contribution in [0.3, 0.4) is 0 Å². The molecule has 110 valence electrons. The van der Waals surface area contributed by atoms with Gasteiger partial charge in [-0.2, -0.15) is 0 Å². The Morgan fingerprint density at radius 3 is 2.67 bits per heavy atom. The minimum absolute atomic E-state index is 0.0972. The van der Waals surface area contributed by atoms with E-state index in [-0.39, 0.29) is 5.91 Å². The number of hydrogen-bond acceptors (Lipinski definition) is 2. The van der Waals surface area contributed by atoms with Gasteiger partial charge < -0.3 is 10.1 Å². The van der Waals surface area contributed by atoms with Crippen LogP contribution in [-0.4, -0.2) is 19.1 Å². The third kappa shape index (κ3) is 4.60. The molecule has 0 bridgehead atoms. The molecular formula is C17H18BrNO2. The van der Waals surface area contributed by atoms with Gasteiger partial charge in [0.15, 0.2) is 0 Å². The molecule has 4 heteroatoms. The molecule has 21 heavy (non-hydrogen) atoms. The van der Waals surface area contributed by atoms with Crippen molar-refractivity contribution in [3.63, 3.8) is 0 Å². The minimum atomic E-state index is -0.0972. The highest BCUT2D eigenvalue weighted by Crippen LogP contribution is 2.16. The van der Waals surface area contributed by atoms with Crippen molar-refractivity contribution >= 4 is 21.8 Å². The number of carbonyl (C=O) groups excluding carboxylic acids is 1. The molecule has 1 N–H and O–H groups in total. The molecule has 1 amide bonds. The van der Waals surface area contributed by atoms with Crippen molar-refractivity contribution in [3.8, 4) is 5.75 Å². The number of hydrogen-bond donors (Lipinski definition) is 1. The molecule has 2 rings (SSSR count). The summed E-state index contributed by atoms with van der Waals surface area (Å²) in [5.74, 6) is 0.731. The summed E-state index contributed by atoms with van der Waals surface area (Å²) >= 11 is 3.35. The number of nitrogens with one attached hydrogen (secondary N) is 1. The predicted molar refractivity (Wildman–Crippen MR) is 87.9 cm³/mol. The van der Waals surface area contributed by atoms with E-state index in [1.165, 1.54) is 11.1 Å². The molecule has 0 aromatic heterocycles. The van der Waals surface area contributed by atoms with E-state index in [1.54, 1.807) is 12.1 Å². The molecule has 0 atom stereocenters. The molecule has 0 saturated carbocycles. The van der Waals surface area contributed by atoms with Gasteiger partial charge in [-0.05, 0) is 55.3 Å². The van der Waals surface area contributed by atoms with E-state index in [9.17, 15) is 4.79 Å². The van der Waals surface area contributed by atoms with E-state index in [0.29, 0.717) is 18.7 Å². The average Bonchev–Trinajstić information content (AvgIpc) is 2.47. The van der Waals surface area contributed by atoms with E-state index in [4.69, 9.17) is 4.74 Å². The molecule has 0 aliphatic rings. The lowest BCUT2D eigenvalue weighted by atomic mass is 10.1. The molecule has 2 aromatic rings. The Bertz CT molecular complexity index is 640. The number of aryl methyl sites for hydroxylation is 2. The van der Waals surface area contributed by atoms with Crippen molar-refractivity contribution in [2.45, 2.75) is 13.8 Å². The highest BCUT2D eigenvalue weighted by atomic mass is 79.9. The van der Waals surface area contributed by atoms with Gasteiger partial charge in [-0.3, -0.25) is 4.79 Å². The molecule has 0 aliphatic heterocycles. The maximum atomic E-state index is 11.9.